The summed E-state index contributed by atoms with van der Waals surface area (Å²) >= 11 is 0. The van der Waals surface area contributed by atoms with E-state index in [1.807, 2.05) is 6.92 Å². The van der Waals surface area contributed by atoms with Gasteiger partial charge in [-0.2, -0.15) is 4.31 Å². The zero-order valence-electron chi connectivity index (χ0n) is 16.0. The molecule has 3 N–H and O–H groups in total. The lowest BCUT2D eigenvalue weighted by Gasteiger charge is -2.24. The smallest absolute Gasteiger partial charge is 0.244 e. The van der Waals surface area contributed by atoms with Crippen LogP contribution in [0.2, 0.25) is 0 Å². The van der Waals surface area contributed by atoms with Crippen LogP contribution in [0.3, 0.4) is 0 Å². The number of anilines is 1. The summed E-state index contributed by atoms with van der Waals surface area (Å²) < 4.78 is 27.7. The molecular weight excluding hydrogens is 350 g/mol. The Morgan fingerprint density at radius 3 is 2.42 bits per heavy atom. The monoisotopic (exact) mass is 381 g/mol. The Hall–Kier alpha value is -1.44. The average Bonchev–Trinajstić information content (AvgIpc) is 2.86. The van der Waals surface area contributed by atoms with Crippen LogP contribution in [0.4, 0.5) is 5.69 Å². The maximum Gasteiger partial charge on any atom is 0.244 e. The van der Waals surface area contributed by atoms with Crippen molar-refractivity contribution in [1.29, 1.82) is 0 Å². The van der Waals surface area contributed by atoms with Crippen LogP contribution in [0, 0.1) is 6.92 Å². The summed E-state index contributed by atoms with van der Waals surface area (Å²) in [5, 5.41) is 2.78. The number of nitrogens with one attached hydrogen (secondary N) is 1. The van der Waals surface area contributed by atoms with Crippen LogP contribution < -0.4 is 11.1 Å². The van der Waals surface area contributed by atoms with Gasteiger partial charge in [0.1, 0.15) is 0 Å². The van der Waals surface area contributed by atoms with E-state index >= 15 is 0 Å². The number of sulfonamides is 1. The largest absolute Gasteiger partial charge is 0.324 e. The van der Waals surface area contributed by atoms with Crippen molar-refractivity contribution in [2.24, 2.45) is 5.73 Å². The van der Waals surface area contributed by atoms with E-state index in [2.05, 4.69) is 5.32 Å². The van der Waals surface area contributed by atoms with Gasteiger partial charge in [-0.25, -0.2) is 8.42 Å². The van der Waals surface area contributed by atoms with Gasteiger partial charge >= 0.3 is 0 Å². The summed E-state index contributed by atoms with van der Waals surface area (Å²) in [6, 6.07) is 5.00. The third-order valence-electron chi connectivity index (χ3n) is 4.92. The molecule has 2 rings (SSSR count). The number of rotatable bonds is 6. The molecule has 1 aliphatic rings. The van der Waals surface area contributed by atoms with Gasteiger partial charge in [0.05, 0.1) is 10.4 Å². The number of nitrogens with zero attached hydrogens (tertiary/aromatic N) is 1. The van der Waals surface area contributed by atoms with Crippen LogP contribution in [-0.4, -0.2) is 37.3 Å². The van der Waals surface area contributed by atoms with E-state index in [4.69, 9.17) is 5.73 Å². The second-order valence-corrected chi connectivity index (χ2v) is 9.33. The first-order valence-corrected chi connectivity index (χ1v) is 10.8. The zero-order chi connectivity index (χ0) is 19.4. The van der Waals surface area contributed by atoms with Crippen LogP contribution in [0.15, 0.2) is 23.1 Å². The highest BCUT2D eigenvalue weighted by Gasteiger charge is 2.29. The topological polar surface area (TPSA) is 92.5 Å². The number of aryl methyl sites for hydroxylation is 1. The van der Waals surface area contributed by atoms with Gasteiger partial charge in [0, 0.05) is 18.8 Å². The molecule has 1 aliphatic heterocycles. The molecule has 1 heterocycles. The summed E-state index contributed by atoms with van der Waals surface area (Å²) in [7, 11) is -3.57. The van der Waals surface area contributed by atoms with Crippen LogP contribution in [0.25, 0.3) is 0 Å². The number of carbonyl (C=O) groups is 1. The molecule has 1 aromatic carbocycles. The molecule has 6 nitrogen and oxygen atoms in total. The lowest BCUT2D eigenvalue weighted by molar-refractivity contribution is -0.120. The SMILES string of the molecule is CCCC(C)(N)C(=O)Nc1ccc(C)c(S(=O)(=O)N2CCCCCC2)c1. The number of benzene rings is 1. The number of hydrogen-bond donors (Lipinski definition) is 2. The molecular formula is C19H31N3O3S. The summed E-state index contributed by atoms with van der Waals surface area (Å²) in [6.07, 6.45) is 5.25. The first kappa shape index (κ1) is 20.9. The Bertz CT molecular complexity index is 736. The van der Waals surface area contributed by atoms with Crippen molar-refractivity contribution < 1.29 is 13.2 Å². The Labute approximate surface area is 157 Å². The Morgan fingerprint density at radius 2 is 1.85 bits per heavy atom. The molecule has 146 valence electrons. The van der Waals surface area contributed by atoms with Gasteiger partial charge in [-0.15, -0.1) is 0 Å². The van der Waals surface area contributed by atoms with E-state index in [-0.39, 0.29) is 10.8 Å². The molecule has 1 unspecified atom stereocenters. The minimum absolute atomic E-state index is 0.256. The summed E-state index contributed by atoms with van der Waals surface area (Å²) in [6.45, 7) is 6.54. The quantitative estimate of drug-likeness (QED) is 0.792. The molecule has 0 bridgehead atoms. The highest BCUT2D eigenvalue weighted by Crippen LogP contribution is 2.26. The maximum absolute atomic E-state index is 13.1. The molecule has 0 spiro atoms. The van der Waals surface area contributed by atoms with E-state index in [1.54, 1.807) is 36.4 Å². The standard InChI is InChI=1S/C19H31N3O3S/c1-4-11-19(3,20)18(23)21-16-10-9-15(2)17(14-16)26(24,25)22-12-7-5-6-8-13-22/h9-10,14H,4-8,11-13,20H2,1-3H3,(H,21,23). The maximum atomic E-state index is 13.1. The van der Waals surface area contributed by atoms with E-state index in [1.165, 1.54) is 0 Å². The molecule has 0 aromatic heterocycles. The number of amides is 1. The van der Waals surface area contributed by atoms with Gasteiger partial charge in [0.15, 0.2) is 0 Å². The molecule has 0 aliphatic carbocycles. The number of hydrogen-bond acceptors (Lipinski definition) is 4. The molecule has 1 saturated heterocycles. The lowest BCUT2D eigenvalue weighted by Crippen LogP contribution is -2.48. The summed E-state index contributed by atoms with van der Waals surface area (Å²) in [5.41, 5.74) is 6.22. The van der Waals surface area contributed by atoms with Crippen molar-refractivity contribution in [1.82, 2.24) is 4.31 Å². The second kappa shape index (κ2) is 8.50. The van der Waals surface area contributed by atoms with Crippen LogP contribution in [0.5, 0.6) is 0 Å². The third-order valence-corrected chi connectivity index (χ3v) is 6.96. The van der Waals surface area contributed by atoms with E-state index in [9.17, 15) is 13.2 Å². The molecule has 0 saturated carbocycles. The van der Waals surface area contributed by atoms with Gasteiger partial charge in [0.2, 0.25) is 15.9 Å². The van der Waals surface area contributed by atoms with Crippen molar-refractivity contribution in [3.63, 3.8) is 0 Å². The fourth-order valence-electron chi connectivity index (χ4n) is 3.28. The normalized spacial score (nSPS) is 18.8. The predicted molar refractivity (Wildman–Crippen MR) is 105 cm³/mol. The molecule has 0 radical (unpaired) electrons. The van der Waals surface area contributed by atoms with Gasteiger partial charge in [0.25, 0.3) is 0 Å². The van der Waals surface area contributed by atoms with Crippen molar-refractivity contribution in [3.8, 4) is 0 Å². The van der Waals surface area contributed by atoms with Gasteiger partial charge in [-0.3, -0.25) is 4.79 Å². The fourth-order valence-corrected chi connectivity index (χ4v) is 5.05. The van der Waals surface area contributed by atoms with Crippen LogP contribution >= 0.6 is 0 Å². The second-order valence-electron chi connectivity index (χ2n) is 7.42. The minimum Gasteiger partial charge on any atom is -0.324 e. The highest BCUT2D eigenvalue weighted by atomic mass is 32.2. The Kier molecular flexibility index (Phi) is 6.82. The Balaban J connectivity index is 2.27. The van der Waals surface area contributed by atoms with Crippen molar-refractivity contribution in [2.75, 3.05) is 18.4 Å². The van der Waals surface area contributed by atoms with Crippen molar-refractivity contribution in [3.05, 3.63) is 23.8 Å². The molecule has 26 heavy (non-hydrogen) atoms. The van der Waals surface area contributed by atoms with E-state index in [0.717, 1.165) is 32.1 Å². The zero-order valence-corrected chi connectivity index (χ0v) is 16.9. The lowest BCUT2D eigenvalue weighted by atomic mass is 9.96. The number of carbonyl (C=O) groups excluding carboxylic acids is 1. The third kappa shape index (κ3) is 4.84. The average molecular weight is 382 g/mol. The fraction of sp³-hybridized carbons (Fsp3) is 0.632. The molecule has 1 amide bonds. The first-order valence-electron chi connectivity index (χ1n) is 9.39. The molecule has 1 fully saturated rings. The summed E-state index contributed by atoms with van der Waals surface area (Å²) in [5.74, 6) is -0.304. The van der Waals surface area contributed by atoms with Crippen LogP contribution in [-0.2, 0) is 14.8 Å². The predicted octanol–water partition coefficient (Wildman–Crippen LogP) is 3.02. The van der Waals surface area contributed by atoms with E-state index < -0.39 is 15.6 Å². The van der Waals surface area contributed by atoms with Gasteiger partial charge in [-0.1, -0.05) is 32.3 Å². The van der Waals surface area contributed by atoms with Crippen molar-refractivity contribution in [2.45, 2.75) is 69.7 Å². The van der Waals surface area contributed by atoms with E-state index in [0.29, 0.717) is 30.8 Å². The van der Waals surface area contributed by atoms with Gasteiger partial charge in [-0.05, 0) is 50.8 Å². The molecule has 7 heteroatoms. The highest BCUT2D eigenvalue weighted by molar-refractivity contribution is 7.89. The molecule has 1 aromatic rings. The first-order chi connectivity index (χ1) is 12.2. The number of nitrogens with two attached hydrogens (primary N) is 1. The van der Waals surface area contributed by atoms with Crippen molar-refractivity contribution >= 4 is 21.6 Å². The molecule has 1 atom stereocenters. The van der Waals surface area contributed by atoms with Gasteiger partial charge < -0.3 is 11.1 Å². The minimum atomic E-state index is -3.57. The van der Waals surface area contributed by atoms with Crippen LogP contribution in [0.1, 0.15) is 57.9 Å². The summed E-state index contributed by atoms with van der Waals surface area (Å²) in [4.78, 5) is 12.7. The Morgan fingerprint density at radius 1 is 1.23 bits per heavy atom.